The molecule has 0 aromatic heterocycles. The fourth-order valence-electron chi connectivity index (χ4n) is 0.966. The van der Waals surface area contributed by atoms with Crippen molar-refractivity contribution in [1.29, 1.82) is 0 Å². The molecule has 72 valence electrons. The summed E-state index contributed by atoms with van der Waals surface area (Å²) in [5, 5.41) is 0. The monoisotopic (exact) mass is 211 g/mol. The van der Waals surface area contributed by atoms with Gasteiger partial charge in [0.15, 0.2) is 0 Å². The smallest absolute Gasteiger partial charge is 0.264 e. The summed E-state index contributed by atoms with van der Waals surface area (Å²) >= 11 is 1.75. The lowest BCUT2D eigenvalue weighted by atomic mass is 10.5. The van der Waals surface area contributed by atoms with Crippen molar-refractivity contribution in [2.24, 2.45) is 0 Å². The molecule has 0 aliphatic carbocycles. The maximum atomic E-state index is 10.6. The van der Waals surface area contributed by atoms with E-state index in [0.29, 0.717) is 6.54 Å². The van der Waals surface area contributed by atoms with Gasteiger partial charge in [0.05, 0.1) is 12.9 Å². The minimum absolute atomic E-state index is 0.270. The van der Waals surface area contributed by atoms with Crippen molar-refractivity contribution in [2.75, 3.05) is 31.7 Å². The Balaban J connectivity index is 2.09. The van der Waals surface area contributed by atoms with Crippen LogP contribution in [0.5, 0.6) is 0 Å². The van der Waals surface area contributed by atoms with Crippen molar-refractivity contribution in [3.05, 3.63) is 0 Å². The van der Waals surface area contributed by atoms with Gasteiger partial charge in [-0.05, 0) is 6.42 Å². The lowest BCUT2D eigenvalue weighted by Gasteiger charge is -2.11. The summed E-state index contributed by atoms with van der Waals surface area (Å²) in [7, 11) is -3.25. The van der Waals surface area contributed by atoms with Gasteiger partial charge in [0.2, 0.25) is 0 Å². The van der Waals surface area contributed by atoms with Crippen LogP contribution in [0, 0.1) is 0 Å². The second-order valence-corrected chi connectivity index (χ2v) is 5.47. The van der Waals surface area contributed by atoms with Crippen molar-refractivity contribution in [3.63, 3.8) is 0 Å². The zero-order valence-electron chi connectivity index (χ0n) is 7.02. The highest BCUT2D eigenvalue weighted by Gasteiger charge is 2.12. The third-order valence-electron chi connectivity index (χ3n) is 1.46. The molecule has 0 aromatic carbocycles. The molecule has 1 heterocycles. The molecular weight excluding hydrogens is 198 g/mol. The molecule has 0 radical (unpaired) electrons. The topological polar surface area (TPSA) is 46.6 Å². The van der Waals surface area contributed by atoms with Gasteiger partial charge < -0.3 is 0 Å². The molecule has 12 heavy (non-hydrogen) atoms. The van der Waals surface area contributed by atoms with E-state index in [9.17, 15) is 8.42 Å². The Bertz CT molecular complexity index is 221. The van der Waals surface area contributed by atoms with Crippen LogP contribution in [0.2, 0.25) is 0 Å². The van der Waals surface area contributed by atoms with E-state index in [1.807, 2.05) is 0 Å². The number of hydrogen-bond acceptors (Lipinski definition) is 5. The number of rotatable bonds is 4. The van der Waals surface area contributed by atoms with E-state index in [1.165, 1.54) is 6.42 Å². The molecule has 0 saturated carbocycles. The van der Waals surface area contributed by atoms with Crippen LogP contribution in [0.1, 0.15) is 6.42 Å². The Morgan fingerprint density at radius 2 is 2.33 bits per heavy atom. The lowest BCUT2D eigenvalue weighted by Crippen LogP contribution is -2.19. The minimum Gasteiger partial charge on any atom is -0.269 e. The fourth-order valence-corrected chi connectivity index (χ4v) is 2.32. The van der Waals surface area contributed by atoms with Crippen molar-refractivity contribution in [3.8, 4) is 0 Å². The highest BCUT2D eigenvalue weighted by molar-refractivity contribution is 7.97. The van der Waals surface area contributed by atoms with Crippen molar-refractivity contribution >= 4 is 22.1 Å². The van der Waals surface area contributed by atoms with E-state index >= 15 is 0 Å². The zero-order chi connectivity index (χ0) is 9.03. The van der Waals surface area contributed by atoms with E-state index in [2.05, 4.69) is 8.49 Å². The molecule has 1 fully saturated rings. The third kappa shape index (κ3) is 4.30. The molecule has 0 atom stereocenters. The average Bonchev–Trinajstić information content (AvgIpc) is 2.36. The van der Waals surface area contributed by atoms with Crippen LogP contribution in [0.15, 0.2) is 0 Å². The summed E-state index contributed by atoms with van der Waals surface area (Å²) in [6.45, 7) is 2.00. The number of nitrogens with zero attached hydrogens (tertiary/aromatic N) is 1. The highest BCUT2D eigenvalue weighted by atomic mass is 32.2. The Kier molecular flexibility index (Phi) is 3.82. The van der Waals surface area contributed by atoms with E-state index in [0.717, 1.165) is 18.6 Å². The van der Waals surface area contributed by atoms with Gasteiger partial charge in [-0.3, -0.25) is 4.18 Å². The molecule has 1 aliphatic heterocycles. The summed E-state index contributed by atoms with van der Waals surface area (Å²) in [5.41, 5.74) is 0. The van der Waals surface area contributed by atoms with Gasteiger partial charge >= 0.3 is 0 Å². The van der Waals surface area contributed by atoms with E-state index < -0.39 is 10.1 Å². The van der Waals surface area contributed by atoms with Gasteiger partial charge in [-0.1, -0.05) is 11.9 Å². The normalized spacial score (nSPS) is 20.1. The molecule has 1 saturated heterocycles. The third-order valence-corrected chi connectivity index (χ3v) is 3.26. The minimum atomic E-state index is -3.25. The first-order valence-corrected chi connectivity index (χ1v) is 6.56. The molecule has 0 amide bonds. The summed E-state index contributed by atoms with van der Waals surface area (Å²) in [6.07, 6.45) is 2.26. The molecule has 1 aliphatic rings. The van der Waals surface area contributed by atoms with E-state index in [1.54, 1.807) is 11.9 Å². The Morgan fingerprint density at radius 3 is 2.83 bits per heavy atom. The molecule has 0 spiro atoms. The summed E-state index contributed by atoms with van der Waals surface area (Å²) in [6, 6.07) is 0. The van der Waals surface area contributed by atoms with Crippen LogP contribution in [0.4, 0.5) is 0 Å². The quantitative estimate of drug-likeness (QED) is 0.495. The molecule has 0 unspecified atom stereocenters. The maximum absolute atomic E-state index is 10.6. The SMILES string of the molecule is CS(=O)(=O)OCCN1CCCS1. The first kappa shape index (κ1) is 10.3. The molecule has 4 nitrogen and oxygen atoms in total. The van der Waals surface area contributed by atoms with Crippen LogP contribution in [-0.2, 0) is 14.3 Å². The van der Waals surface area contributed by atoms with Crippen molar-refractivity contribution in [2.45, 2.75) is 6.42 Å². The van der Waals surface area contributed by atoms with Crippen LogP contribution >= 0.6 is 11.9 Å². The molecule has 6 heteroatoms. The van der Waals surface area contributed by atoms with E-state index in [-0.39, 0.29) is 6.61 Å². The zero-order valence-corrected chi connectivity index (χ0v) is 8.66. The molecule has 0 bridgehead atoms. The number of hydrogen-bond donors (Lipinski definition) is 0. The second-order valence-electron chi connectivity index (χ2n) is 2.64. The summed E-state index contributed by atoms with van der Waals surface area (Å²) < 4.78 is 27.9. The second kappa shape index (κ2) is 4.45. The summed E-state index contributed by atoms with van der Waals surface area (Å²) in [5.74, 6) is 1.14. The van der Waals surface area contributed by atoms with Crippen LogP contribution in [0.3, 0.4) is 0 Å². The largest absolute Gasteiger partial charge is 0.269 e. The summed E-state index contributed by atoms with van der Waals surface area (Å²) in [4.78, 5) is 0. The Morgan fingerprint density at radius 1 is 1.58 bits per heavy atom. The van der Waals surface area contributed by atoms with Crippen molar-refractivity contribution in [1.82, 2.24) is 4.31 Å². The Hall–Kier alpha value is 0.220. The molecule has 0 aromatic rings. The van der Waals surface area contributed by atoms with Crippen LogP contribution in [0.25, 0.3) is 0 Å². The van der Waals surface area contributed by atoms with Gasteiger partial charge in [-0.25, -0.2) is 4.31 Å². The van der Waals surface area contributed by atoms with Gasteiger partial charge in [-0.15, -0.1) is 0 Å². The Labute approximate surface area is 77.5 Å². The lowest BCUT2D eigenvalue weighted by molar-refractivity contribution is 0.291. The van der Waals surface area contributed by atoms with Crippen molar-refractivity contribution < 1.29 is 12.6 Å². The fraction of sp³-hybridized carbons (Fsp3) is 1.00. The van der Waals surface area contributed by atoms with Gasteiger partial charge in [0.25, 0.3) is 10.1 Å². The van der Waals surface area contributed by atoms with Crippen LogP contribution < -0.4 is 0 Å². The molecular formula is C6H13NO3S2. The average molecular weight is 211 g/mol. The van der Waals surface area contributed by atoms with Gasteiger partial charge in [-0.2, -0.15) is 8.42 Å². The first-order valence-electron chi connectivity index (χ1n) is 3.80. The maximum Gasteiger partial charge on any atom is 0.264 e. The molecule has 0 N–H and O–H groups in total. The van der Waals surface area contributed by atoms with E-state index in [4.69, 9.17) is 0 Å². The molecule has 1 rings (SSSR count). The van der Waals surface area contributed by atoms with Gasteiger partial charge in [0.1, 0.15) is 0 Å². The van der Waals surface area contributed by atoms with Crippen LogP contribution in [-0.4, -0.2) is 44.4 Å². The van der Waals surface area contributed by atoms with Gasteiger partial charge in [0, 0.05) is 18.8 Å². The first-order chi connectivity index (χ1) is 5.58. The predicted octanol–water partition coefficient (Wildman–Crippen LogP) is 0.317. The standard InChI is InChI=1S/C6H13NO3S2/c1-12(8,9)10-5-4-7-3-2-6-11-7/h2-6H2,1H3. The predicted molar refractivity (Wildman–Crippen MR) is 49.4 cm³/mol. The highest BCUT2D eigenvalue weighted by Crippen LogP contribution is 2.18.